The first kappa shape index (κ1) is 89.5. The first-order chi connectivity index (χ1) is 44.5. The summed E-state index contributed by atoms with van der Waals surface area (Å²) in [5.41, 5.74) is 0. The van der Waals surface area contributed by atoms with Crippen LogP contribution in [0, 0.1) is 0 Å². The summed E-state index contributed by atoms with van der Waals surface area (Å²) in [5.74, 6) is -0.203. The molecule has 91 heavy (non-hydrogen) atoms. The van der Waals surface area contributed by atoms with Crippen molar-refractivity contribution in [2.45, 2.75) is 431 Å². The van der Waals surface area contributed by atoms with Crippen LogP contribution in [0.15, 0.2) is 48.6 Å². The summed E-state index contributed by atoms with van der Waals surface area (Å²) in [5, 5.41) is 14.0. The number of amides is 1. The number of quaternary nitrogens is 1. The van der Waals surface area contributed by atoms with Crippen LogP contribution in [0.1, 0.15) is 418 Å². The number of phosphoric ester groups is 1. The molecule has 8 nitrogen and oxygen atoms in total. The molecule has 0 rings (SSSR count). The van der Waals surface area contributed by atoms with Crippen molar-refractivity contribution in [3.05, 3.63) is 48.6 Å². The van der Waals surface area contributed by atoms with Crippen LogP contribution in [0.25, 0.3) is 0 Å². The molecule has 2 N–H and O–H groups in total. The van der Waals surface area contributed by atoms with Crippen LogP contribution < -0.4 is 10.2 Å². The van der Waals surface area contributed by atoms with E-state index in [-0.39, 0.29) is 12.5 Å². The molecule has 0 aromatic rings. The quantitative estimate of drug-likeness (QED) is 0.0272. The van der Waals surface area contributed by atoms with Gasteiger partial charge in [0.15, 0.2) is 0 Å². The van der Waals surface area contributed by atoms with E-state index in [0.717, 1.165) is 44.9 Å². The highest BCUT2D eigenvalue weighted by molar-refractivity contribution is 7.45. The van der Waals surface area contributed by atoms with Gasteiger partial charge in [-0.15, -0.1) is 0 Å². The Balaban J connectivity index is 3.95. The molecule has 0 radical (unpaired) electrons. The smallest absolute Gasteiger partial charge is 0.268 e. The Morgan fingerprint density at radius 3 is 0.890 bits per heavy atom. The van der Waals surface area contributed by atoms with Gasteiger partial charge in [0.05, 0.1) is 39.9 Å². The number of nitrogens with one attached hydrogen (secondary N) is 1. The fourth-order valence-corrected chi connectivity index (χ4v) is 13.2. The number of allylic oxidation sites excluding steroid dienone is 7. The number of carbonyl (C=O) groups excluding carboxylic acids is 1. The normalized spacial score (nSPS) is 13.7. The van der Waals surface area contributed by atoms with Gasteiger partial charge < -0.3 is 28.8 Å². The lowest BCUT2D eigenvalue weighted by molar-refractivity contribution is -0.870. The minimum atomic E-state index is -4.62. The molecule has 0 saturated carbocycles. The number of nitrogens with zero attached hydrogens (tertiary/aromatic N) is 1. The Kier molecular flexibility index (Phi) is 71.5. The predicted molar refractivity (Wildman–Crippen MR) is 399 cm³/mol. The summed E-state index contributed by atoms with van der Waals surface area (Å²) < 4.78 is 23.5. The predicted octanol–water partition coefficient (Wildman–Crippen LogP) is 25.9. The number of phosphoric acid groups is 1. The molecule has 0 spiro atoms. The maximum absolute atomic E-state index is 13.1. The number of rotatable bonds is 76. The van der Waals surface area contributed by atoms with E-state index in [4.69, 9.17) is 9.05 Å². The largest absolute Gasteiger partial charge is 0.756 e. The molecule has 0 heterocycles. The zero-order chi connectivity index (χ0) is 66.2. The van der Waals surface area contributed by atoms with Gasteiger partial charge in [-0.2, -0.15) is 0 Å². The number of hydrogen-bond donors (Lipinski definition) is 2. The molecule has 3 unspecified atom stereocenters. The Bertz CT molecular complexity index is 1630. The van der Waals surface area contributed by atoms with Crippen LogP contribution in [0.2, 0.25) is 0 Å². The topological polar surface area (TPSA) is 108 Å². The van der Waals surface area contributed by atoms with E-state index in [1.54, 1.807) is 6.08 Å². The van der Waals surface area contributed by atoms with E-state index < -0.39 is 26.6 Å². The second-order valence-corrected chi connectivity index (χ2v) is 30.5. The average Bonchev–Trinajstić information content (AvgIpc) is 3.59. The molecule has 0 bridgehead atoms. The molecule has 1 amide bonds. The SMILES string of the molecule is CCCCCCCCCC/C=C\CCCCCCCCCCCCCCCCCCCCCCCCCCCCCCCC(=O)NC(COP(=O)([O-])OCC[N+](C)(C)C)C(O)/C=C/CC/C=C/CC/C=C/CCCCCCCCCCCCCCCCCCCC. The number of aliphatic hydroxyl groups excluding tert-OH is 1. The first-order valence-electron chi connectivity index (χ1n) is 40.5. The summed E-state index contributed by atoms with van der Waals surface area (Å²) in [6.07, 6.45) is 100. The monoisotopic (exact) mass is 1300 g/mol. The Labute approximate surface area is 569 Å². The van der Waals surface area contributed by atoms with Gasteiger partial charge in [0, 0.05) is 6.42 Å². The number of hydrogen-bond acceptors (Lipinski definition) is 6. The van der Waals surface area contributed by atoms with E-state index in [9.17, 15) is 19.4 Å². The van der Waals surface area contributed by atoms with E-state index in [1.165, 1.54) is 353 Å². The van der Waals surface area contributed by atoms with Crippen molar-refractivity contribution < 1.29 is 32.9 Å². The maximum Gasteiger partial charge on any atom is 0.268 e. The molecule has 0 aromatic carbocycles. The number of unbranched alkanes of at least 4 members (excludes halogenated alkanes) is 57. The third-order valence-electron chi connectivity index (χ3n) is 18.7. The maximum atomic E-state index is 13.1. The van der Waals surface area contributed by atoms with Crippen LogP contribution >= 0.6 is 7.82 Å². The standard InChI is InChI=1S/C82H159N2O6P/c1-6-8-10-12-14-16-18-20-22-24-26-28-30-32-34-36-37-38-39-40-41-42-43-44-45-46-47-48-50-52-54-56-58-60-62-64-66-68-70-72-74-76-82(86)83-80(79-90-91(87,88)89-78-77-84(3,4)5)81(85)75-73-71-69-67-65-63-61-59-57-55-53-51-49-35-33-31-29-27-25-23-21-19-17-15-13-11-9-7-2/h24,26,57,59,65,67,73,75,80-81,85H,6-23,25,27-56,58,60-64,66,68-72,74,76-79H2,1-5H3,(H-,83,86,87,88)/b26-24-,59-57+,67-65+,75-73+. The molecule has 0 aliphatic heterocycles. The Morgan fingerprint density at radius 1 is 0.374 bits per heavy atom. The van der Waals surface area contributed by atoms with Gasteiger partial charge in [0.1, 0.15) is 13.2 Å². The molecule has 0 aliphatic rings. The second-order valence-electron chi connectivity index (χ2n) is 29.1. The number of carbonyl (C=O) groups is 1. The minimum Gasteiger partial charge on any atom is -0.756 e. The number of likely N-dealkylation sites (N-methyl/N-ethyl adjacent to an activating group) is 1. The molecule has 3 atom stereocenters. The van der Waals surface area contributed by atoms with Crippen LogP contribution in [-0.4, -0.2) is 68.5 Å². The highest BCUT2D eigenvalue weighted by Gasteiger charge is 2.23. The molecule has 538 valence electrons. The van der Waals surface area contributed by atoms with Crippen molar-refractivity contribution in [2.24, 2.45) is 0 Å². The molecular formula is C82H159N2O6P. The van der Waals surface area contributed by atoms with Crippen molar-refractivity contribution >= 4 is 13.7 Å². The third-order valence-corrected chi connectivity index (χ3v) is 19.7. The first-order valence-corrected chi connectivity index (χ1v) is 42.0. The molecule has 9 heteroatoms. The molecule has 0 fully saturated rings. The van der Waals surface area contributed by atoms with E-state index in [2.05, 4.69) is 55.6 Å². The van der Waals surface area contributed by atoms with Crippen LogP contribution in [0.3, 0.4) is 0 Å². The van der Waals surface area contributed by atoms with Crippen molar-refractivity contribution in [2.75, 3.05) is 40.9 Å². The van der Waals surface area contributed by atoms with Gasteiger partial charge in [-0.05, 0) is 70.6 Å². The molecule has 0 saturated heterocycles. The van der Waals surface area contributed by atoms with Gasteiger partial charge in [0.2, 0.25) is 5.91 Å². The van der Waals surface area contributed by atoms with Crippen LogP contribution in [-0.2, 0) is 18.4 Å². The summed E-state index contributed by atoms with van der Waals surface area (Å²) in [6, 6.07) is -0.911. The van der Waals surface area contributed by atoms with E-state index >= 15 is 0 Å². The Morgan fingerprint density at radius 2 is 0.615 bits per heavy atom. The lowest BCUT2D eigenvalue weighted by Crippen LogP contribution is -2.45. The summed E-state index contributed by atoms with van der Waals surface area (Å²) >= 11 is 0. The lowest BCUT2D eigenvalue weighted by atomic mass is 10.0. The summed E-state index contributed by atoms with van der Waals surface area (Å²) in [4.78, 5) is 25.7. The van der Waals surface area contributed by atoms with E-state index in [1.807, 2.05) is 27.2 Å². The lowest BCUT2D eigenvalue weighted by Gasteiger charge is -2.29. The Hall–Kier alpha value is -1.54. The van der Waals surface area contributed by atoms with Crippen molar-refractivity contribution in [1.82, 2.24) is 5.32 Å². The van der Waals surface area contributed by atoms with Gasteiger partial charge in [-0.25, -0.2) is 0 Å². The number of aliphatic hydroxyl groups is 1. The minimum absolute atomic E-state index is 0.00755. The zero-order valence-corrected chi connectivity index (χ0v) is 62.7. The van der Waals surface area contributed by atoms with Crippen LogP contribution in [0.5, 0.6) is 0 Å². The van der Waals surface area contributed by atoms with Gasteiger partial charge in [-0.1, -0.05) is 390 Å². The van der Waals surface area contributed by atoms with Crippen molar-refractivity contribution in [1.29, 1.82) is 0 Å². The van der Waals surface area contributed by atoms with Crippen molar-refractivity contribution in [3.63, 3.8) is 0 Å². The third kappa shape index (κ3) is 75.7. The molecule has 0 aromatic heterocycles. The van der Waals surface area contributed by atoms with Crippen LogP contribution in [0.4, 0.5) is 0 Å². The zero-order valence-electron chi connectivity index (χ0n) is 61.8. The van der Waals surface area contributed by atoms with Gasteiger partial charge in [-0.3, -0.25) is 9.36 Å². The molecule has 0 aliphatic carbocycles. The van der Waals surface area contributed by atoms with Gasteiger partial charge >= 0.3 is 0 Å². The summed E-state index contributed by atoms with van der Waals surface area (Å²) in [6.45, 7) is 4.68. The average molecular weight is 1300 g/mol. The molecular weight excluding hydrogens is 1140 g/mol. The fourth-order valence-electron chi connectivity index (χ4n) is 12.5. The van der Waals surface area contributed by atoms with Crippen molar-refractivity contribution in [3.8, 4) is 0 Å². The highest BCUT2D eigenvalue weighted by atomic mass is 31.2. The highest BCUT2D eigenvalue weighted by Crippen LogP contribution is 2.38. The second kappa shape index (κ2) is 72.7. The van der Waals surface area contributed by atoms with Gasteiger partial charge in [0.25, 0.3) is 7.82 Å². The fraction of sp³-hybridized carbons (Fsp3) is 0.890. The van der Waals surface area contributed by atoms with E-state index in [0.29, 0.717) is 17.4 Å². The summed E-state index contributed by atoms with van der Waals surface area (Å²) in [7, 11) is 1.25.